The number of aliphatic hydroxyl groups is 2. The summed E-state index contributed by atoms with van der Waals surface area (Å²) >= 11 is 0. The zero-order valence-electron chi connectivity index (χ0n) is 17.0. The van der Waals surface area contributed by atoms with Crippen LogP contribution in [-0.4, -0.2) is 75.5 Å². The number of rotatable bonds is 8. The molecular formula is C20H29N5O4. The third-order valence-electron chi connectivity index (χ3n) is 5.13. The second kappa shape index (κ2) is 9.34. The molecule has 1 aromatic carbocycles. The Hall–Kier alpha value is -2.49. The predicted octanol–water partition coefficient (Wildman–Crippen LogP) is -0.182. The molecule has 158 valence electrons. The van der Waals surface area contributed by atoms with Gasteiger partial charge in [0.1, 0.15) is 11.9 Å². The van der Waals surface area contributed by atoms with E-state index in [1.54, 1.807) is 17.9 Å². The fourth-order valence-corrected chi connectivity index (χ4v) is 3.74. The summed E-state index contributed by atoms with van der Waals surface area (Å²) in [5.41, 5.74) is 1.66. The van der Waals surface area contributed by atoms with Crippen LogP contribution in [0, 0.1) is 5.92 Å². The zero-order valence-corrected chi connectivity index (χ0v) is 17.0. The number of methoxy groups -OCH3 is 1. The van der Waals surface area contributed by atoms with Gasteiger partial charge in [-0.2, -0.15) is 0 Å². The molecule has 0 saturated heterocycles. The highest BCUT2D eigenvalue weighted by atomic mass is 16.5. The maximum absolute atomic E-state index is 12.4. The molecule has 9 nitrogen and oxygen atoms in total. The van der Waals surface area contributed by atoms with Crippen LogP contribution in [0.25, 0.3) is 0 Å². The van der Waals surface area contributed by atoms with Gasteiger partial charge in [-0.05, 0) is 38.2 Å². The summed E-state index contributed by atoms with van der Waals surface area (Å²) in [7, 11) is 5.48. The van der Waals surface area contributed by atoms with Gasteiger partial charge >= 0.3 is 0 Å². The number of nitrogens with zero attached hydrogens (tertiary/aromatic N) is 4. The number of carbonyl (C=O) groups is 1. The van der Waals surface area contributed by atoms with Crippen molar-refractivity contribution in [2.24, 2.45) is 5.92 Å². The Morgan fingerprint density at radius 2 is 2.14 bits per heavy atom. The normalized spacial score (nSPS) is 24.1. The van der Waals surface area contributed by atoms with Crippen molar-refractivity contribution >= 4 is 5.91 Å². The van der Waals surface area contributed by atoms with E-state index in [1.165, 1.54) is 0 Å². The van der Waals surface area contributed by atoms with Gasteiger partial charge in [0.25, 0.3) is 0 Å². The summed E-state index contributed by atoms with van der Waals surface area (Å²) in [6, 6.07) is 6.79. The highest BCUT2D eigenvalue weighted by Gasteiger charge is 2.42. The summed E-state index contributed by atoms with van der Waals surface area (Å²) in [4.78, 5) is 14.4. The minimum atomic E-state index is -1.01. The lowest BCUT2D eigenvalue weighted by Crippen LogP contribution is -2.43. The van der Waals surface area contributed by atoms with Gasteiger partial charge in [-0.25, -0.2) is 0 Å². The summed E-state index contributed by atoms with van der Waals surface area (Å²) in [6.45, 7) is 1.11. The molecule has 2 aromatic rings. The molecule has 1 amide bonds. The van der Waals surface area contributed by atoms with Crippen LogP contribution < -0.4 is 10.1 Å². The zero-order chi connectivity index (χ0) is 21.0. The van der Waals surface area contributed by atoms with E-state index >= 15 is 0 Å². The van der Waals surface area contributed by atoms with Gasteiger partial charge in [-0.3, -0.25) is 9.48 Å². The number of aromatic nitrogens is 3. The Labute approximate surface area is 170 Å². The first-order valence-corrected chi connectivity index (χ1v) is 9.68. The van der Waals surface area contributed by atoms with E-state index in [0.717, 1.165) is 11.3 Å². The minimum absolute atomic E-state index is 0.179. The van der Waals surface area contributed by atoms with E-state index in [-0.39, 0.29) is 18.2 Å². The van der Waals surface area contributed by atoms with Gasteiger partial charge in [0.15, 0.2) is 0 Å². The van der Waals surface area contributed by atoms with Crippen molar-refractivity contribution in [3.63, 3.8) is 0 Å². The molecule has 0 bridgehead atoms. The fraction of sp³-hybridized carbons (Fsp3) is 0.550. The third-order valence-corrected chi connectivity index (χ3v) is 5.13. The first-order chi connectivity index (χ1) is 13.9. The van der Waals surface area contributed by atoms with E-state index in [1.807, 2.05) is 43.4 Å². The lowest BCUT2D eigenvalue weighted by Gasteiger charge is -2.18. The van der Waals surface area contributed by atoms with E-state index in [4.69, 9.17) is 4.74 Å². The Bertz CT molecular complexity index is 825. The minimum Gasteiger partial charge on any atom is -0.497 e. The number of hydrogen-bond donors (Lipinski definition) is 3. The van der Waals surface area contributed by atoms with Crippen molar-refractivity contribution in [2.75, 3.05) is 21.2 Å². The molecule has 0 unspecified atom stereocenters. The van der Waals surface area contributed by atoms with Gasteiger partial charge in [0.05, 0.1) is 31.4 Å². The molecule has 1 fully saturated rings. The number of aliphatic hydroxyl groups excluding tert-OH is 2. The Balaban J connectivity index is 1.55. The van der Waals surface area contributed by atoms with Crippen molar-refractivity contribution in [3.05, 3.63) is 41.7 Å². The molecule has 9 heteroatoms. The van der Waals surface area contributed by atoms with Crippen LogP contribution in [0.4, 0.5) is 0 Å². The maximum Gasteiger partial charge on any atom is 0.224 e. The van der Waals surface area contributed by atoms with Crippen molar-refractivity contribution in [1.29, 1.82) is 0 Å². The van der Waals surface area contributed by atoms with E-state index in [0.29, 0.717) is 25.3 Å². The maximum atomic E-state index is 12.4. The molecule has 4 atom stereocenters. The molecule has 0 aliphatic heterocycles. The summed E-state index contributed by atoms with van der Waals surface area (Å²) in [6.07, 6.45) is 0.540. The first kappa shape index (κ1) is 21.2. The topological polar surface area (TPSA) is 113 Å². The van der Waals surface area contributed by atoms with Crippen molar-refractivity contribution < 1.29 is 19.7 Å². The van der Waals surface area contributed by atoms with Crippen LogP contribution in [-0.2, 0) is 24.3 Å². The van der Waals surface area contributed by atoms with E-state index in [2.05, 4.69) is 15.6 Å². The molecule has 0 radical (unpaired) electrons. The molecule has 1 heterocycles. The van der Waals surface area contributed by atoms with Crippen LogP contribution in [0.15, 0.2) is 30.5 Å². The number of amides is 1. The quantitative estimate of drug-likeness (QED) is 0.560. The highest BCUT2D eigenvalue weighted by Crippen LogP contribution is 2.28. The third kappa shape index (κ3) is 5.53. The molecule has 3 N–H and O–H groups in total. The highest BCUT2D eigenvalue weighted by molar-refractivity contribution is 5.79. The van der Waals surface area contributed by atoms with Gasteiger partial charge in [-0.15, -0.1) is 5.10 Å². The Morgan fingerprint density at radius 1 is 1.34 bits per heavy atom. The van der Waals surface area contributed by atoms with Gasteiger partial charge < -0.3 is 25.2 Å². The van der Waals surface area contributed by atoms with Crippen molar-refractivity contribution in [1.82, 2.24) is 25.2 Å². The molecule has 1 aliphatic rings. The van der Waals surface area contributed by atoms with E-state index < -0.39 is 18.2 Å². The molecular weight excluding hydrogens is 374 g/mol. The molecule has 1 aromatic heterocycles. The largest absolute Gasteiger partial charge is 0.497 e. The number of ether oxygens (including phenoxy) is 1. The molecule has 1 aliphatic carbocycles. The number of carbonyl (C=O) groups excluding carboxylic acids is 1. The number of hydrogen-bond acceptors (Lipinski definition) is 7. The summed E-state index contributed by atoms with van der Waals surface area (Å²) in [5, 5.41) is 31.9. The monoisotopic (exact) mass is 403 g/mol. The van der Waals surface area contributed by atoms with Crippen LogP contribution in [0.2, 0.25) is 0 Å². The van der Waals surface area contributed by atoms with Crippen LogP contribution in [0.3, 0.4) is 0 Å². The van der Waals surface area contributed by atoms with Gasteiger partial charge in [0.2, 0.25) is 5.91 Å². The fourth-order valence-electron chi connectivity index (χ4n) is 3.74. The average Bonchev–Trinajstić information content (AvgIpc) is 3.21. The standard InChI is InChI=1S/C20H29N5O4/c1-24(2)11-15-12-25(23-22-15)10-14-9-17(20(28)19(14)27)21-18(26)8-13-5-4-6-16(7-13)29-3/h4-7,12,14,17,19-20,27-28H,8-11H2,1-3H3,(H,21,26)/t14-,17-,19-,20+/m1/s1. The number of nitrogens with one attached hydrogen (secondary N) is 1. The second-order valence-corrected chi connectivity index (χ2v) is 7.85. The summed E-state index contributed by atoms with van der Waals surface area (Å²) in [5.74, 6) is 0.262. The lowest BCUT2D eigenvalue weighted by molar-refractivity contribution is -0.122. The Kier molecular flexibility index (Phi) is 6.83. The van der Waals surface area contributed by atoms with Crippen LogP contribution >= 0.6 is 0 Å². The van der Waals surface area contributed by atoms with Crippen LogP contribution in [0.5, 0.6) is 5.75 Å². The van der Waals surface area contributed by atoms with Gasteiger partial charge in [-0.1, -0.05) is 17.3 Å². The second-order valence-electron chi connectivity index (χ2n) is 7.85. The first-order valence-electron chi connectivity index (χ1n) is 9.68. The van der Waals surface area contributed by atoms with Crippen molar-refractivity contribution in [2.45, 2.75) is 44.2 Å². The number of benzene rings is 1. The molecule has 29 heavy (non-hydrogen) atoms. The molecule has 3 rings (SSSR count). The smallest absolute Gasteiger partial charge is 0.224 e. The summed E-state index contributed by atoms with van der Waals surface area (Å²) < 4.78 is 6.85. The predicted molar refractivity (Wildman–Crippen MR) is 106 cm³/mol. The lowest BCUT2D eigenvalue weighted by atomic mass is 10.1. The van der Waals surface area contributed by atoms with Crippen molar-refractivity contribution in [3.8, 4) is 5.75 Å². The van der Waals surface area contributed by atoms with Gasteiger partial charge in [0, 0.05) is 25.2 Å². The van der Waals surface area contributed by atoms with E-state index in [9.17, 15) is 15.0 Å². The van der Waals surface area contributed by atoms with Crippen LogP contribution in [0.1, 0.15) is 17.7 Å². The SMILES string of the molecule is COc1cccc(CC(=O)N[C@@H]2C[C@H](Cn3cc(CN(C)C)nn3)[C@@H](O)[C@H]2O)c1. The molecule has 0 spiro atoms. The average molecular weight is 403 g/mol. The molecule has 1 saturated carbocycles. The Morgan fingerprint density at radius 3 is 2.86 bits per heavy atom.